The van der Waals surface area contributed by atoms with Crippen LogP contribution >= 0.6 is 0 Å². The first-order valence-electron chi connectivity index (χ1n) is 11.7. The Balaban J connectivity index is 1.63. The Morgan fingerprint density at radius 1 is 0.906 bits per heavy atom. The number of rotatable bonds is 6. The van der Waals surface area contributed by atoms with Gasteiger partial charge in [0, 0.05) is 38.3 Å². The largest absolute Gasteiger partial charge is 0.370 e. The summed E-state index contributed by atoms with van der Waals surface area (Å²) in [5.74, 6) is -0.256. The molecule has 0 saturated carbocycles. The number of nitrogens with zero attached hydrogens (tertiary/aromatic N) is 2. The van der Waals surface area contributed by atoms with E-state index in [-0.39, 0.29) is 10.8 Å². The third-order valence-corrected chi connectivity index (χ3v) is 8.48. The van der Waals surface area contributed by atoms with E-state index in [1.807, 2.05) is 37.3 Å². The number of sulfonamides is 1. The van der Waals surface area contributed by atoms with Crippen molar-refractivity contribution in [3.8, 4) is 0 Å². The van der Waals surface area contributed by atoms with Gasteiger partial charge >= 0.3 is 0 Å². The molecule has 0 atom stereocenters. The number of piperidine rings is 2. The second-order valence-electron chi connectivity index (χ2n) is 8.80. The first-order valence-corrected chi connectivity index (χ1v) is 13.1. The van der Waals surface area contributed by atoms with Crippen molar-refractivity contribution in [2.45, 2.75) is 56.9 Å². The molecule has 32 heavy (non-hydrogen) atoms. The lowest BCUT2D eigenvalue weighted by molar-refractivity contribution is 0.0950. The number of carbonyl (C=O) groups is 1. The van der Waals surface area contributed by atoms with Gasteiger partial charge in [-0.3, -0.25) is 4.79 Å². The summed E-state index contributed by atoms with van der Waals surface area (Å²) in [5, 5.41) is 2.95. The standard InChI is InChI=1S/C25H33N3O3S/c1-20-10-4-5-11-22(20)19-26-25(29)21-12-13-23(27-14-6-2-7-15-27)24(18-21)32(30,31)28-16-8-3-9-17-28/h4-5,10-13,18H,2-3,6-9,14-17,19H2,1H3,(H,26,29). The molecule has 2 saturated heterocycles. The molecule has 0 aromatic heterocycles. The van der Waals surface area contributed by atoms with E-state index < -0.39 is 10.0 Å². The number of hydrogen-bond donors (Lipinski definition) is 1. The zero-order valence-corrected chi connectivity index (χ0v) is 19.7. The van der Waals surface area contributed by atoms with Gasteiger partial charge in [-0.1, -0.05) is 30.7 Å². The fourth-order valence-electron chi connectivity index (χ4n) is 4.59. The number of nitrogens with one attached hydrogen (secondary N) is 1. The van der Waals surface area contributed by atoms with Crippen LogP contribution in [0.1, 0.15) is 60.0 Å². The minimum absolute atomic E-state index is 0.256. The van der Waals surface area contributed by atoms with Gasteiger partial charge in [-0.25, -0.2) is 8.42 Å². The quantitative estimate of drug-likeness (QED) is 0.712. The molecule has 7 heteroatoms. The summed E-state index contributed by atoms with van der Waals surface area (Å²) in [5.41, 5.74) is 3.27. The predicted molar refractivity (Wildman–Crippen MR) is 127 cm³/mol. The summed E-state index contributed by atoms with van der Waals surface area (Å²) in [6.45, 7) is 5.21. The summed E-state index contributed by atoms with van der Waals surface area (Å²) < 4.78 is 28.8. The maximum absolute atomic E-state index is 13.6. The molecule has 2 aliphatic heterocycles. The Bertz CT molecular complexity index is 1060. The van der Waals surface area contributed by atoms with Crippen molar-refractivity contribution in [3.05, 3.63) is 59.2 Å². The normalized spacial score (nSPS) is 17.8. The van der Waals surface area contributed by atoms with Gasteiger partial charge in [-0.15, -0.1) is 0 Å². The monoisotopic (exact) mass is 455 g/mol. The molecule has 172 valence electrons. The summed E-state index contributed by atoms with van der Waals surface area (Å²) in [7, 11) is -3.66. The predicted octanol–water partition coefficient (Wildman–Crippen LogP) is 4.09. The molecular weight excluding hydrogens is 422 g/mol. The number of aryl methyl sites for hydroxylation is 1. The number of carbonyl (C=O) groups excluding carboxylic acids is 1. The molecule has 0 aliphatic carbocycles. The Morgan fingerprint density at radius 3 is 2.25 bits per heavy atom. The highest BCUT2D eigenvalue weighted by atomic mass is 32.2. The second-order valence-corrected chi connectivity index (χ2v) is 10.7. The Kier molecular flexibility index (Phi) is 7.16. The van der Waals surface area contributed by atoms with E-state index in [4.69, 9.17) is 0 Å². The van der Waals surface area contributed by atoms with E-state index in [0.29, 0.717) is 25.2 Å². The maximum Gasteiger partial charge on any atom is 0.251 e. The average Bonchev–Trinajstić information content (AvgIpc) is 2.84. The topological polar surface area (TPSA) is 69.7 Å². The highest BCUT2D eigenvalue weighted by Crippen LogP contribution is 2.32. The summed E-state index contributed by atoms with van der Waals surface area (Å²) in [6.07, 6.45) is 6.12. The van der Waals surface area contributed by atoms with Crippen LogP contribution in [-0.4, -0.2) is 44.8 Å². The van der Waals surface area contributed by atoms with Crippen molar-refractivity contribution in [1.82, 2.24) is 9.62 Å². The Hall–Kier alpha value is -2.38. The molecule has 4 rings (SSSR count). The number of benzene rings is 2. The lowest BCUT2D eigenvalue weighted by Crippen LogP contribution is -2.38. The summed E-state index contributed by atoms with van der Waals surface area (Å²) in [6, 6.07) is 13.1. The fourth-order valence-corrected chi connectivity index (χ4v) is 6.34. The molecule has 0 radical (unpaired) electrons. The van der Waals surface area contributed by atoms with Crippen molar-refractivity contribution < 1.29 is 13.2 Å². The fraction of sp³-hybridized carbons (Fsp3) is 0.480. The van der Waals surface area contributed by atoms with E-state index in [0.717, 1.165) is 62.0 Å². The van der Waals surface area contributed by atoms with Crippen molar-refractivity contribution >= 4 is 21.6 Å². The lowest BCUT2D eigenvalue weighted by Gasteiger charge is -2.33. The minimum atomic E-state index is -3.66. The molecule has 2 heterocycles. The molecule has 1 N–H and O–H groups in total. The summed E-state index contributed by atoms with van der Waals surface area (Å²) >= 11 is 0. The number of anilines is 1. The first kappa shape index (κ1) is 22.8. The van der Waals surface area contributed by atoms with Gasteiger partial charge in [0.2, 0.25) is 10.0 Å². The molecule has 0 unspecified atom stereocenters. The summed E-state index contributed by atoms with van der Waals surface area (Å²) in [4.78, 5) is 15.4. The van der Waals surface area contributed by atoms with Gasteiger partial charge in [-0.2, -0.15) is 4.31 Å². The average molecular weight is 456 g/mol. The zero-order chi connectivity index (χ0) is 22.6. The smallest absolute Gasteiger partial charge is 0.251 e. The number of hydrogen-bond acceptors (Lipinski definition) is 4. The van der Waals surface area contributed by atoms with Crippen LogP contribution in [-0.2, 0) is 16.6 Å². The maximum atomic E-state index is 13.6. The molecule has 2 aliphatic rings. The van der Waals surface area contributed by atoms with Crippen LogP contribution in [0, 0.1) is 6.92 Å². The molecule has 2 fully saturated rings. The van der Waals surface area contributed by atoms with E-state index >= 15 is 0 Å². The van der Waals surface area contributed by atoms with Crippen LogP contribution in [0.4, 0.5) is 5.69 Å². The van der Waals surface area contributed by atoms with Crippen LogP contribution < -0.4 is 10.2 Å². The van der Waals surface area contributed by atoms with E-state index in [2.05, 4.69) is 10.2 Å². The van der Waals surface area contributed by atoms with Crippen LogP contribution in [0.15, 0.2) is 47.4 Å². The molecule has 2 aromatic rings. The molecule has 0 bridgehead atoms. The molecule has 1 amide bonds. The number of amides is 1. The third-order valence-electron chi connectivity index (χ3n) is 6.55. The van der Waals surface area contributed by atoms with Crippen LogP contribution in [0.3, 0.4) is 0 Å². The molecule has 6 nitrogen and oxygen atoms in total. The van der Waals surface area contributed by atoms with Crippen LogP contribution in [0.25, 0.3) is 0 Å². The Morgan fingerprint density at radius 2 is 1.56 bits per heavy atom. The van der Waals surface area contributed by atoms with Crippen LogP contribution in [0.2, 0.25) is 0 Å². The van der Waals surface area contributed by atoms with Gasteiger partial charge in [0.15, 0.2) is 0 Å². The highest BCUT2D eigenvalue weighted by Gasteiger charge is 2.31. The van der Waals surface area contributed by atoms with E-state index in [1.165, 1.54) is 6.42 Å². The van der Waals surface area contributed by atoms with Crippen LogP contribution in [0.5, 0.6) is 0 Å². The SMILES string of the molecule is Cc1ccccc1CNC(=O)c1ccc(N2CCCCC2)c(S(=O)(=O)N2CCCCC2)c1. The van der Waals surface area contributed by atoms with Gasteiger partial charge < -0.3 is 10.2 Å². The molecule has 0 spiro atoms. The van der Waals surface area contributed by atoms with Crippen molar-refractivity contribution in [1.29, 1.82) is 0 Å². The molecule has 2 aromatic carbocycles. The van der Waals surface area contributed by atoms with E-state index in [9.17, 15) is 13.2 Å². The van der Waals surface area contributed by atoms with Crippen molar-refractivity contribution in [3.63, 3.8) is 0 Å². The van der Waals surface area contributed by atoms with Gasteiger partial charge in [0.25, 0.3) is 5.91 Å². The third kappa shape index (κ3) is 4.99. The first-order chi connectivity index (χ1) is 15.5. The zero-order valence-electron chi connectivity index (χ0n) is 18.8. The molecular formula is C25H33N3O3S. The minimum Gasteiger partial charge on any atom is -0.370 e. The van der Waals surface area contributed by atoms with E-state index in [1.54, 1.807) is 16.4 Å². The lowest BCUT2D eigenvalue weighted by atomic mass is 10.1. The van der Waals surface area contributed by atoms with Crippen molar-refractivity contribution in [2.24, 2.45) is 0 Å². The second kappa shape index (κ2) is 10.0. The van der Waals surface area contributed by atoms with Gasteiger partial charge in [-0.05, 0) is 68.4 Å². The van der Waals surface area contributed by atoms with Gasteiger partial charge in [0.05, 0.1) is 5.69 Å². The highest BCUT2D eigenvalue weighted by molar-refractivity contribution is 7.89. The Labute approximate surface area is 191 Å². The van der Waals surface area contributed by atoms with Crippen molar-refractivity contribution in [2.75, 3.05) is 31.1 Å². The van der Waals surface area contributed by atoms with Gasteiger partial charge in [0.1, 0.15) is 4.90 Å².